The Balaban J connectivity index is 1.71. The fourth-order valence-corrected chi connectivity index (χ4v) is 3.49. The van der Waals surface area contributed by atoms with Gasteiger partial charge in [-0.05, 0) is 28.3 Å². The Kier molecular flexibility index (Phi) is 7.22. The van der Waals surface area contributed by atoms with Gasteiger partial charge in [0.15, 0.2) is 10.2 Å². The molecular weight excluding hydrogens is 464 g/mol. The predicted octanol–water partition coefficient (Wildman–Crippen LogP) is 2.11. The van der Waals surface area contributed by atoms with E-state index in [1.165, 1.54) is 31.3 Å². The first-order valence-electron chi connectivity index (χ1n) is 8.75. The predicted molar refractivity (Wildman–Crippen MR) is 117 cm³/mol. The first kappa shape index (κ1) is 23.0. The number of amides is 1. The van der Waals surface area contributed by atoms with E-state index in [1.807, 2.05) is 0 Å². The molecule has 12 nitrogen and oxygen atoms in total. The third kappa shape index (κ3) is 5.50. The SMILES string of the molecule is COC(=O)/C=C1/S/C(=N\N=Cc2ccc(Cn3cc(Cl)c([N+](=O)[O-])n3)c(OC)c2)NC1=O. The van der Waals surface area contributed by atoms with Gasteiger partial charge in [-0.1, -0.05) is 23.7 Å². The number of carbonyl (C=O) groups excluding carboxylic acids is 2. The molecule has 1 saturated heterocycles. The van der Waals surface area contributed by atoms with Crippen LogP contribution in [-0.4, -0.2) is 52.2 Å². The number of nitro groups is 1. The molecule has 0 aliphatic carbocycles. The zero-order valence-electron chi connectivity index (χ0n) is 16.6. The van der Waals surface area contributed by atoms with Crippen LogP contribution in [0.1, 0.15) is 11.1 Å². The van der Waals surface area contributed by atoms with Crippen LogP contribution < -0.4 is 10.1 Å². The zero-order chi connectivity index (χ0) is 23.3. The summed E-state index contributed by atoms with van der Waals surface area (Å²) < 4.78 is 11.2. The summed E-state index contributed by atoms with van der Waals surface area (Å²) in [4.78, 5) is 33.4. The van der Waals surface area contributed by atoms with E-state index < -0.39 is 22.6 Å². The first-order chi connectivity index (χ1) is 15.3. The van der Waals surface area contributed by atoms with Crippen molar-refractivity contribution in [2.75, 3.05) is 14.2 Å². The molecule has 1 N–H and O–H groups in total. The Hall–Kier alpha value is -3.71. The second-order valence-corrected chi connectivity index (χ2v) is 7.50. The highest BCUT2D eigenvalue weighted by molar-refractivity contribution is 8.18. The number of hydrogen-bond acceptors (Lipinski definition) is 10. The minimum atomic E-state index is -0.656. The van der Waals surface area contributed by atoms with Crippen molar-refractivity contribution < 1.29 is 24.0 Å². The van der Waals surface area contributed by atoms with Gasteiger partial charge in [0.05, 0.1) is 43.2 Å². The summed E-state index contributed by atoms with van der Waals surface area (Å²) >= 11 is 6.78. The number of nitrogens with one attached hydrogen (secondary N) is 1. The molecule has 2 heterocycles. The number of esters is 1. The molecule has 0 bridgehead atoms. The number of amidine groups is 1. The number of rotatable bonds is 7. The third-order valence-corrected chi connectivity index (χ3v) is 5.14. The lowest BCUT2D eigenvalue weighted by atomic mass is 10.1. The summed E-state index contributed by atoms with van der Waals surface area (Å²) in [5.41, 5.74) is 1.36. The molecule has 3 rings (SSSR count). The van der Waals surface area contributed by atoms with Crippen LogP contribution in [0.5, 0.6) is 5.75 Å². The average molecular weight is 479 g/mol. The van der Waals surface area contributed by atoms with Crippen molar-refractivity contribution in [2.24, 2.45) is 10.2 Å². The van der Waals surface area contributed by atoms with E-state index in [4.69, 9.17) is 16.3 Å². The topological polar surface area (TPSA) is 150 Å². The van der Waals surface area contributed by atoms with Crippen LogP contribution in [0.4, 0.5) is 5.82 Å². The summed E-state index contributed by atoms with van der Waals surface area (Å²) in [6.45, 7) is 0.203. The van der Waals surface area contributed by atoms with Crippen LogP contribution in [0.2, 0.25) is 5.02 Å². The molecule has 1 aromatic carbocycles. The Morgan fingerprint density at radius 3 is 2.88 bits per heavy atom. The van der Waals surface area contributed by atoms with Crippen LogP contribution in [-0.2, 0) is 20.9 Å². The van der Waals surface area contributed by atoms with E-state index in [0.29, 0.717) is 16.9 Å². The molecule has 14 heteroatoms. The minimum Gasteiger partial charge on any atom is -0.496 e. The number of hydrogen-bond donors (Lipinski definition) is 1. The number of carbonyl (C=O) groups is 2. The molecule has 2 aromatic rings. The lowest BCUT2D eigenvalue weighted by molar-refractivity contribution is -0.389. The van der Waals surface area contributed by atoms with E-state index in [0.717, 1.165) is 17.8 Å². The molecular formula is C18H15ClN6O6S. The second kappa shape index (κ2) is 10.1. The van der Waals surface area contributed by atoms with Gasteiger partial charge in [-0.2, -0.15) is 9.78 Å². The summed E-state index contributed by atoms with van der Waals surface area (Å²) in [5, 5.41) is 25.2. The number of halogens is 1. The van der Waals surface area contributed by atoms with Crippen molar-refractivity contribution >= 4 is 52.4 Å². The van der Waals surface area contributed by atoms with Gasteiger partial charge >= 0.3 is 11.8 Å². The van der Waals surface area contributed by atoms with Gasteiger partial charge in [-0.25, -0.2) is 4.79 Å². The maximum Gasteiger partial charge on any atom is 0.408 e. The van der Waals surface area contributed by atoms with Crippen LogP contribution in [0, 0.1) is 10.1 Å². The normalized spacial score (nSPS) is 16.0. The van der Waals surface area contributed by atoms with Crippen molar-refractivity contribution in [3.8, 4) is 5.75 Å². The Bertz CT molecular complexity index is 1170. The molecule has 1 aliphatic heterocycles. The van der Waals surface area contributed by atoms with E-state index in [-0.39, 0.29) is 21.6 Å². The summed E-state index contributed by atoms with van der Waals surface area (Å²) in [6, 6.07) is 5.18. The molecule has 0 spiro atoms. The lowest BCUT2D eigenvalue weighted by Gasteiger charge is -2.08. The van der Waals surface area contributed by atoms with Crippen molar-refractivity contribution in [1.82, 2.24) is 15.1 Å². The third-order valence-electron chi connectivity index (χ3n) is 3.97. The standard InChI is InChI=1S/C18H15ClN6O6S/c1-30-13-5-10(3-4-11(13)8-24-9-12(19)16(23-24)25(28)29)7-20-22-18-21-17(27)14(32-18)6-15(26)31-2/h3-7,9H,8H2,1-2H3,(H,21,22,27)/b14-6+,20-7?. The maximum atomic E-state index is 11.8. The Morgan fingerprint density at radius 2 is 2.22 bits per heavy atom. The highest BCUT2D eigenvalue weighted by Crippen LogP contribution is 2.25. The van der Waals surface area contributed by atoms with Crippen molar-refractivity contribution in [3.63, 3.8) is 0 Å². The van der Waals surface area contributed by atoms with Crippen molar-refractivity contribution in [3.05, 3.63) is 61.6 Å². The Morgan fingerprint density at radius 1 is 1.44 bits per heavy atom. The molecule has 166 valence electrons. The molecule has 1 amide bonds. The van der Waals surface area contributed by atoms with Gasteiger partial charge < -0.3 is 19.6 Å². The van der Waals surface area contributed by atoms with Crippen LogP contribution in [0.25, 0.3) is 0 Å². The van der Waals surface area contributed by atoms with E-state index in [2.05, 4.69) is 25.4 Å². The molecule has 0 radical (unpaired) electrons. The van der Waals surface area contributed by atoms with Crippen LogP contribution in [0.15, 0.2) is 45.6 Å². The van der Waals surface area contributed by atoms with Gasteiger partial charge in [0.2, 0.25) is 0 Å². The second-order valence-electron chi connectivity index (χ2n) is 6.06. The monoisotopic (exact) mass is 478 g/mol. The number of aromatic nitrogens is 2. The van der Waals surface area contributed by atoms with Crippen LogP contribution >= 0.6 is 23.4 Å². The first-order valence-corrected chi connectivity index (χ1v) is 9.94. The quantitative estimate of drug-likeness (QED) is 0.209. The van der Waals surface area contributed by atoms with E-state index >= 15 is 0 Å². The van der Waals surface area contributed by atoms with Gasteiger partial charge in [-0.3, -0.25) is 10.1 Å². The van der Waals surface area contributed by atoms with Gasteiger partial charge in [0, 0.05) is 11.6 Å². The molecule has 32 heavy (non-hydrogen) atoms. The summed E-state index contributed by atoms with van der Waals surface area (Å²) in [7, 11) is 2.70. The van der Waals surface area contributed by atoms with Gasteiger partial charge in [0.25, 0.3) is 5.91 Å². The molecule has 0 atom stereocenters. The van der Waals surface area contributed by atoms with Crippen molar-refractivity contribution in [2.45, 2.75) is 6.54 Å². The van der Waals surface area contributed by atoms with Crippen LogP contribution in [0.3, 0.4) is 0 Å². The molecule has 1 fully saturated rings. The van der Waals surface area contributed by atoms with Crippen molar-refractivity contribution in [1.29, 1.82) is 0 Å². The van der Waals surface area contributed by atoms with E-state index in [1.54, 1.807) is 18.2 Å². The largest absolute Gasteiger partial charge is 0.496 e. The summed E-state index contributed by atoms with van der Waals surface area (Å²) in [5.74, 6) is -1.04. The lowest BCUT2D eigenvalue weighted by Crippen LogP contribution is -2.19. The number of nitrogens with zero attached hydrogens (tertiary/aromatic N) is 5. The zero-order valence-corrected chi connectivity index (χ0v) is 18.2. The fraction of sp³-hybridized carbons (Fsp3) is 0.167. The van der Waals surface area contributed by atoms with Gasteiger partial charge in [-0.15, -0.1) is 5.10 Å². The highest BCUT2D eigenvalue weighted by Gasteiger charge is 2.25. The highest BCUT2D eigenvalue weighted by atomic mass is 35.5. The number of ether oxygens (including phenoxy) is 2. The molecule has 1 aromatic heterocycles. The number of methoxy groups -OCH3 is 2. The molecule has 0 unspecified atom stereocenters. The average Bonchev–Trinajstić information content (AvgIpc) is 3.30. The number of thioether (sulfide) groups is 1. The maximum absolute atomic E-state index is 11.8. The summed E-state index contributed by atoms with van der Waals surface area (Å²) in [6.07, 6.45) is 3.88. The smallest absolute Gasteiger partial charge is 0.408 e. The number of benzene rings is 1. The fourth-order valence-electron chi connectivity index (χ4n) is 2.53. The minimum absolute atomic E-state index is 0.0571. The van der Waals surface area contributed by atoms with Gasteiger partial charge in [0.1, 0.15) is 5.75 Å². The van der Waals surface area contributed by atoms with E-state index in [9.17, 15) is 19.7 Å². The molecule has 1 aliphatic rings. The Labute approximate surface area is 190 Å². The molecule has 0 saturated carbocycles.